The van der Waals surface area contributed by atoms with Crippen molar-refractivity contribution in [3.05, 3.63) is 26.0 Å². The Bertz CT molecular complexity index is 346. The number of carbonyl (C=O) groups is 1. The molecular weight excluding hydrogens is 314 g/mol. The largest absolute Gasteiger partial charge is 0.298 e. The lowest BCUT2D eigenvalue weighted by Crippen LogP contribution is -1.97. The highest BCUT2D eigenvalue weighted by Crippen LogP contribution is 2.29. The maximum atomic E-state index is 12.2. The number of aldehydes is 1. The number of halogens is 4. The fourth-order valence-electron chi connectivity index (χ4n) is 0.751. The monoisotopic (exact) mass is 317 g/mol. The molecule has 0 aromatic carbocycles. The van der Waals surface area contributed by atoms with Crippen molar-refractivity contribution in [2.45, 2.75) is 6.43 Å². The maximum Gasteiger partial charge on any atom is 0.266 e. The van der Waals surface area contributed by atoms with Gasteiger partial charge in [-0.3, -0.25) is 4.79 Å². The molecule has 70 valence electrons. The Balaban J connectivity index is 3.35. The van der Waals surface area contributed by atoms with Gasteiger partial charge in [-0.25, -0.2) is 13.8 Å². The van der Waals surface area contributed by atoms with E-state index < -0.39 is 12.0 Å². The molecule has 0 radical (unpaired) electrons. The third kappa shape index (κ3) is 2.14. The van der Waals surface area contributed by atoms with E-state index in [-0.39, 0.29) is 10.6 Å². The SMILES string of the molecule is O=Cc1c(I)ncc(C(F)F)c1Cl. The second-order valence-corrected chi connectivity index (χ2v) is 3.55. The molecule has 0 fully saturated rings. The summed E-state index contributed by atoms with van der Waals surface area (Å²) in [4.78, 5) is 14.1. The van der Waals surface area contributed by atoms with Crippen molar-refractivity contribution in [2.24, 2.45) is 0 Å². The Hall–Kier alpha value is -0.300. The minimum Gasteiger partial charge on any atom is -0.298 e. The van der Waals surface area contributed by atoms with Gasteiger partial charge in [0.05, 0.1) is 16.1 Å². The zero-order chi connectivity index (χ0) is 10.0. The lowest BCUT2D eigenvalue weighted by molar-refractivity contribution is 0.112. The van der Waals surface area contributed by atoms with Crippen LogP contribution in [0.4, 0.5) is 8.78 Å². The number of nitrogens with zero attached hydrogens (tertiary/aromatic N) is 1. The normalized spacial score (nSPS) is 10.5. The predicted octanol–water partition coefficient (Wildman–Crippen LogP) is 3.09. The van der Waals surface area contributed by atoms with E-state index in [4.69, 9.17) is 11.6 Å². The molecule has 0 bridgehead atoms. The smallest absolute Gasteiger partial charge is 0.266 e. The van der Waals surface area contributed by atoms with Gasteiger partial charge in [0.25, 0.3) is 6.43 Å². The van der Waals surface area contributed by atoms with E-state index in [0.29, 0.717) is 9.99 Å². The number of hydrogen-bond acceptors (Lipinski definition) is 2. The molecular formula is C7H3ClF2INO. The summed E-state index contributed by atoms with van der Waals surface area (Å²) in [5, 5.41) is -0.218. The topological polar surface area (TPSA) is 30.0 Å². The van der Waals surface area contributed by atoms with Crippen LogP contribution in [0.15, 0.2) is 6.20 Å². The molecule has 0 unspecified atom stereocenters. The van der Waals surface area contributed by atoms with E-state index in [1.807, 2.05) is 0 Å². The number of alkyl halides is 2. The van der Waals surface area contributed by atoms with Crippen molar-refractivity contribution in [1.29, 1.82) is 0 Å². The van der Waals surface area contributed by atoms with Crippen LogP contribution in [-0.4, -0.2) is 11.3 Å². The van der Waals surface area contributed by atoms with Crippen LogP contribution in [0.3, 0.4) is 0 Å². The Morgan fingerprint density at radius 3 is 2.69 bits per heavy atom. The summed E-state index contributed by atoms with van der Waals surface area (Å²) in [6.07, 6.45) is -1.32. The molecule has 0 saturated carbocycles. The van der Waals surface area contributed by atoms with Gasteiger partial charge in [-0.05, 0) is 22.6 Å². The highest BCUT2D eigenvalue weighted by atomic mass is 127. The van der Waals surface area contributed by atoms with Crippen molar-refractivity contribution in [2.75, 3.05) is 0 Å². The minimum absolute atomic E-state index is 0.0140. The van der Waals surface area contributed by atoms with Crippen LogP contribution in [-0.2, 0) is 0 Å². The third-order valence-electron chi connectivity index (χ3n) is 1.38. The van der Waals surface area contributed by atoms with Crippen molar-refractivity contribution >= 4 is 40.5 Å². The van der Waals surface area contributed by atoms with Crippen LogP contribution in [0.5, 0.6) is 0 Å². The van der Waals surface area contributed by atoms with Crippen molar-refractivity contribution in [1.82, 2.24) is 4.98 Å². The van der Waals surface area contributed by atoms with Crippen LogP contribution >= 0.6 is 34.2 Å². The van der Waals surface area contributed by atoms with Gasteiger partial charge >= 0.3 is 0 Å². The van der Waals surface area contributed by atoms with Gasteiger partial charge < -0.3 is 0 Å². The molecule has 0 aliphatic carbocycles. The van der Waals surface area contributed by atoms with Gasteiger partial charge in [0.2, 0.25) is 0 Å². The number of pyridine rings is 1. The molecule has 13 heavy (non-hydrogen) atoms. The summed E-state index contributed by atoms with van der Waals surface area (Å²) >= 11 is 7.31. The first-order valence-electron chi connectivity index (χ1n) is 3.15. The molecule has 1 aromatic heterocycles. The number of aromatic nitrogens is 1. The van der Waals surface area contributed by atoms with Gasteiger partial charge in [0.1, 0.15) is 3.70 Å². The Kier molecular flexibility index (Phi) is 3.55. The van der Waals surface area contributed by atoms with E-state index in [9.17, 15) is 13.6 Å². The zero-order valence-corrected chi connectivity index (χ0v) is 9.01. The first-order chi connectivity index (χ1) is 6.07. The summed E-state index contributed by atoms with van der Waals surface area (Å²) in [5.74, 6) is 0. The summed E-state index contributed by atoms with van der Waals surface area (Å²) in [6.45, 7) is 0. The summed E-state index contributed by atoms with van der Waals surface area (Å²) < 4.78 is 24.8. The fourth-order valence-corrected chi connectivity index (χ4v) is 1.71. The van der Waals surface area contributed by atoms with E-state index in [1.54, 1.807) is 22.6 Å². The Morgan fingerprint density at radius 1 is 1.62 bits per heavy atom. The molecule has 2 nitrogen and oxygen atoms in total. The molecule has 1 aromatic rings. The lowest BCUT2D eigenvalue weighted by Gasteiger charge is -2.05. The molecule has 0 saturated heterocycles. The first kappa shape index (κ1) is 10.8. The quantitative estimate of drug-likeness (QED) is 0.477. The van der Waals surface area contributed by atoms with Crippen molar-refractivity contribution in [3.63, 3.8) is 0 Å². The lowest BCUT2D eigenvalue weighted by atomic mass is 10.2. The van der Waals surface area contributed by atoms with E-state index in [2.05, 4.69) is 4.98 Å². The zero-order valence-electron chi connectivity index (χ0n) is 6.10. The van der Waals surface area contributed by atoms with Crippen molar-refractivity contribution < 1.29 is 13.6 Å². The molecule has 0 atom stereocenters. The average Bonchev–Trinajstić information content (AvgIpc) is 2.04. The molecule has 0 aliphatic heterocycles. The van der Waals surface area contributed by atoms with Crippen LogP contribution < -0.4 is 0 Å². The predicted molar refractivity (Wildman–Crippen MR) is 52.3 cm³/mol. The van der Waals surface area contributed by atoms with Gasteiger partial charge in [-0.1, -0.05) is 11.6 Å². The molecule has 0 N–H and O–H groups in total. The highest BCUT2D eigenvalue weighted by molar-refractivity contribution is 14.1. The molecule has 0 spiro atoms. The van der Waals surface area contributed by atoms with Gasteiger partial charge in [0, 0.05) is 6.20 Å². The second kappa shape index (κ2) is 4.28. The Labute approximate surface area is 91.4 Å². The first-order valence-corrected chi connectivity index (χ1v) is 4.60. The minimum atomic E-state index is -2.71. The Morgan fingerprint density at radius 2 is 2.23 bits per heavy atom. The number of rotatable bonds is 2. The molecule has 0 amide bonds. The van der Waals surface area contributed by atoms with E-state index >= 15 is 0 Å². The average molecular weight is 317 g/mol. The van der Waals surface area contributed by atoms with E-state index in [0.717, 1.165) is 6.20 Å². The number of carbonyl (C=O) groups excluding carboxylic acids is 1. The summed E-state index contributed by atoms with van der Waals surface area (Å²) in [6, 6.07) is 0. The van der Waals surface area contributed by atoms with Crippen LogP contribution in [0.25, 0.3) is 0 Å². The third-order valence-corrected chi connectivity index (χ3v) is 2.66. The standard InChI is InChI=1S/C7H3ClF2INO/c8-5-3(6(9)10)1-12-7(11)4(5)2-13/h1-2,6H. The van der Waals surface area contributed by atoms with Gasteiger partial charge in [0.15, 0.2) is 6.29 Å². The van der Waals surface area contributed by atoms with Gasteiger partial charge in [-0.15, -0.1) is 0 Å². The van der Waals surface area contributed by atoms with Crippen molar-refractivity contribution in [3.8, 4) is 0 Å². The molecule has 1 rings (SSSR count). The fraction of sp³-hybridized carbons (Fsp3) is 0.143. The second-order valence-electron chi connectivity index (χ2n) is 2.15. The highest BCUT2D eigenvalue weighted by Gasteiger charge is 2.17. The molecule has 6 heteroatoms. The summed E-state index contributed by atoms with van der Waals surface area (Å²) in [7, 11) is 0. The maximum absolute atomic E-state index is 12.2. The van der Waals surface area contributed by atoms with Crippen LogP contribution in [0.1, 0.15) is 22.3 Å². The number of hydrogen-bond donors (Lipinski definition) is 0. The summed E-state index contributed by atoms with van der Waals surface area (Å²) in [5.41, 5.74) is -0.399. The molecule has 0 aliphatic rings. The van der Waals surface area contributed by atoms with E-state index in [1.165, 1.54) is 0 Å². The molecule has 1 heterocycles. The van der Waals surface area contributed by atoms with Crippen LogP contribution in [0, 0.1) is 3.70 Å². The van der Waals surface area contributed by atoms with Gasteiger partial charge in [-0.2, -0.15) is 0 Å². The van der Waals surface area contributed by atoms with Crippen LogP contribution in [0.2, 0.25) is 5.02 Å².